The molecule has 1 amide bonds. The quantitative estimate of drug-likeness (QED) is 0.584. The first-order valence-corrected chi connectivity index (χ1v) is 10.8. The molecule has 1 unspecified atom stereocenters. The molecule has 3 aromatic rings. The molecule has 156 valence electrons. The zero-order chi connectivity index (χ0) is 20.9. The first-order chi connectivity index (χ1) is 14.6. The highest BCUT2D eigenvalue weighted by molar-refractivity contribution is 5.77. The third-order valence-electron chi connectivity index (χ3n) is 5.69. The number of nitrogens with zero attached hydrogens (tertiary/aromatic N) is 5. The van der Waals surface area contributed by atoms with Gasteiger partial charge >= 0.3 is 0 Å². The minimum absolute atomic E-state index is 0.00713. The van der Waals surface area contributed by atoms with E-state index in [1.165, 1.54) is 5.56 Å². The van der Waals surface area contributed by atoms with Crippen LogP contribution in [-0.4, -0.2) is 36.9 Å². The minimum Gasteiger partial charge on any atom is -0.334 e. The van der Waals surface area contributed by atoms with E-state index in [-0.39, 0.29) is 11.9 Å². The number of likely N-dealkylation sites (tertiary alicyclic amines) is 1. The second kappa shape index (κ2) is 9.20. The molecule has 0 spiro atoms. The number of aryl methyl sites for hydroxylation is 1. The molecule has 1 atom stereocenters. The van der Waals surface area contributed by atoms with Gasteiger partial charge in [-0.15, -0.1) is 0 Å². The first kappa shape index (κ1) is 20.3. The maximum atomic E-state index is 12.9. The number of benzene rings is 1. The Balaban J connectivity index is 1.45. The molecule has 0 aliphatic carbocycles. The molecule has 0 N–H and O–H groups in total. The molecule has 1 fully saturated rings. The van der Waals surface area contributed by atoms with E-state index in [0.29, 0.717) is 12.3 Å². The lowest BCUT2D eigenvalue weighted by molar-refractivity contribution is -0.132. The predicted molar refractivity (Wildman–Crippen MR) is 116 cm³/mol. The fourth-order valence-corrected chi connectivity index (χ4v) is 4.19. The second-order valence-corrected chi connectivity index (χ2v) is 8.20. The summed E-state index contributed by atoms with van der Waals surface area (Å²) in [5, 5.41) is 0. The summed E-state index contributed by atoms with van der Waals surface area (Å²) in [5.74, 6) is 2.23. The topological polar surface area (TPSA) is 63.9 Å². The van der Waals surface area contributed by atoms with Gasteiger partial charge in [0.05, 0.1) is 24.1 Å². The molecule has 1 aliphatic rings. The maximum Gasteiger partial charge on any atom is 0.223 e. The molecule has 0 radical (unpaired) electrons. The first-order valence-electron chi connectivity index (χ1n) is 10.8. The van der Waals surface area contributed by atoms with Crippen LogP contribution in [0.4, 0.5) is 0 Å². The van der Waals surface area contributed by atoms with Gasteiger partial charge in [-0.25, -0.2) is 9.97 Å². The van der Waals surface area contributed by atoms with E-state index in [4.69, 9.17) is 4.98 Å². The van der Waals surface area contributed by atoms with Crippen molar-refractivity contribution in [1.82, 2.24) is 24.4 Å². The monoisotopic (exact) mass is 403 g/mol. The molecule has 1 aliphatic heterocycles. The van der Waals surface area contributed by atoms with Crippen molar-refractivity contribution in [3.8, 4) is 5.82 Å². The number of carbonyl (C=O) groups excluding carboxylic acids is 1. The Bertz CT molecular complexity index is 982. The SMILES string of the molecule is CC(C)c1nccn1-c1cncc(C2CCCN2C(=O)CCCc2ccccc2)n1. The molecular weight excluding hydrogens is 374 g/mol. The van der Waals surface area contributed by atoms with Crippen LogP contribution in [0.5, 0.6) is 0 Å². The molecule has 3 heterocycles. The molecule has 0 bridgehead atoms. The molecule has 0 saturated carbocycles. The smallest absolute Gasteiger partial charge is 0.223 e. The Morgan fingerprint density at radius 3 is 2.83 bits per heavy atom. The highest BCUT2D eigenvalue weighted by Crippen LogP contribution is 2.32. The fraction of sp³-hybridized carbons (Fsp3) is 0.417. The number of hydrogen-bond acceptors (Lipinski definition) is 4. The third kappa shape index (κ3) is 4.42. The lowest BCUT2D eigenvalue weighted by atomic mass is 10.1. The minimum atomic E-state index is 0.00713. The number of carbonyl (C=O) groups is 1. The lowest BCUT2D eigenvalue weighted by Crippen LogP contribution is -2.31. The van der Waals surface area contributed by atoms with Crippen LogP contribution in [0.15, 0.2) is 55.1 Å². The van der Waals surface area contributed by atoms with Crippen LogP contribution in [0.2, 0.25) is 0 Å². The number of rotatable bonds is 7. The van der Waals surface area contributed by atoms with E-state index < -0.39 is 0 Å². The number of hydrogen-bond donors (Lipinski definition) is 0. The summed E-state index contributed by atoms with van der Waals surface area (Å²) < 4.78 is 1.99. The van der Waals surface area contributed by atoms with Crippen LogP contribution in [0.3, 0.4) is 0 Å². The van der Waals surface area contributed by atoms with E-state index in [0.717, 1.165) is 49.6 Å². The summed E-state index contributed by atoms with van der Waals surface area (Å²) in [6, 6.07) is 10.4. The average Bonchev–Trinajstić information content (AvgIpc) is 3.44. The number of amides is 1. The summed E-state index contributed by atoms with van der Waals surface area (Å²) >= 11 is 0. The molecular formula is C24H29N5O. The Kier molecular flexibility index (Phi) is 6.21. The van der Waals surface area contributed by atoms with Gasteiger partial charge in [0.25, 0.3) is 0 Å². The van der Waals surface area contributed by atoms with Gasteiger partial charge in [-0.1, -0.05) is 44.2 Å². The Morgan fingerprint density at radius 1 is 1.20 bits per heavy atom. The number of imidazole rings is 1. The molecule has 6 heteroatoms. The summed E-state index contributed by atoms with van der Waals surface area (Å²) in [6.07, 6.45) is 11.6. The van der Waals surface area contributed by atoms with E-state index in [1.807, 2.05) is 33.9 Å². The van der Waals surface area contributed by atoms with Crippen molar-refractivity contribution in [3.05, 3.63) is 72.2 Å². The highest BCUT2D eigenvalue weighted by Gasteiger charge is 2.31. The van der Waals surface area contributed by atoms with Crippen molar-refractivity contribution in [1.29, 1.82) is 0 Å². The highest BCUT2D eigenvalue weighted by atomic mass is 16.2. The number of aromatic nitrogens is 4. The molecule has 6 nitrogen and oxygen atoms in total. The van der Waals surface area contributed by atoms with Crippen molar-refractivity contribution >= 4 is 5.91 Å². The van der Waals surface area contributed by atoms with Crippen molar-refractivity contribution in [3.63, 3.8) is 0 Å². The Morgan fingerprint density at radius 2 is 2.03 bits per heavy atom. The fourth-order valence-electron chi connectivity index (χ4n) is 4.19. The Labute approximate surface area is 178 Å². The lowest BCUT2D eigenvalue weighted by Gasteiger charge is -2.24. The van der Waals surface area contributed by atoms with E-state index in [1.54, 1.807) is 18.6 Å². The van der Waals surface area contributed by atoms with Gasteiger partial charge in [-0.3, -0.25) is 14.3 Å². The largest absolute Gasteiger partial charge is 0.334 e. The second-order valence-electron chi connectivity index (χ2n) is 8.20. The molecule has 1 saturated heterocycles. The van der Waals surface area contributed by atoms with Crippen LogP contribution >= 0.6 is 0 Å². The summed E-state index contributed by atoms with van der Waals surface area (Å²) in [4.78, 5) is 28.7. The predicted octanol–water partition coefficient (Wildman–Crippen LogP) is 4.47. The van der Waals surface area contributed by atoms with Crippen molar-refractivity contribution in [2.45, 2.75) is 57.9 Å². The molecule has 2 aromatic heterocycles. The van der Waals surface area contributed by atoms with E-state index in [2.05, 4.69) is 35.9 Å². The Hall–Kier alpha value is -3.02. The van der Waals surface area contributed by atoms with Gasteiger partial charge in [0.2, 0.25) is 5.91 Å². The molecule has 1 aromatic carbocycles. The molecule has 4 rings (SSSR count). The van der Waals surface area contributed by atoms with Gasteiger partial charge in [0.1, 0.15) is 5.82 Å². The zero-order valence-electron chi connectivity index (χ0n) is 17.7. The maximum absolute atomic E-state index is 12.9. The average molecular weight is 404 g/mol. The molecule has 30 heavy (non-hydrogen) atoms. The van der Waals surface area contributed by atoms with Crippen LogP contribution in [-0.2, 0) is 11.2 Å². The van der Waals surface area contributed by atoms with Crippen molar-refractivity contribution < 1.29 is 4.79 Å². The summed E-state index contributed by atoms with van der Waals surface area (Å²) in [5.41, 5.74) is 2.15. The summed E-state index contributed by atoms with van der Waals surface area (Å²) in [6.45, 7) is 5.02. The van der Waals surface area contributed by atoms with Gasteiger partial charge in [-0.05, 0) is 31.2 Å². The normalized spacial score (nSPS) is 16.4. The van der Waals surface area contributed by atoms with Crippen molar-refractivity contribution in [2.75, 3.05) is 6.54 Å². The van der Waals surface area contributed by atoms with Crippen molar-refractivity contribution in [2.24, 2.45) is 0 Å². The van der Waals surface area contributed by atoms with E-state index in [9.17, 15) is 4.79 Å². The van der Waals surface area contributed by atoms with Crippen LogP contribution in [0.25, 0.3) is 5.82 Å². The third-order valence-corrected chi connectivity index (χ3v) is 5.69. The standard InChI is InChI=1S/C24H29N5O/c1-18(2)24-26-13-15-29(24)22-17-25-16-20(27-22)21-11-7-14-28(21)23(30)12-6-10-19-8-4-3-5-9-19/h3-5,8-9,13,15-18,21H,6-7,10-12,14H2,1-2H3. The van der Waals surface area contributed by atoms with Crippen LogP contribution in [0.1, 0.15) is 68.6 Å². The van der Waals surface area contributed by atoms with Gasteiger partial charge in [-0.2, -0.15) is 0 Å². The summed E-state index contributed by atoms with van der Waals surface area (Å²) in [7, 11) is 0. The van der Waals surface area contributed by atoms with Gasteiger partial charge < -0.3 is 4.90 Å². The van der Waals surface area contributed by atoms with Gasteiger partial charge in [0, 0.05) is 31.3 Å². The van der Waals surface area contributed by atoms with Crippen LogP contribution in [0, 0.1) is 0 Å². The van der Waals surface area contributed by atoms with E-state index >= 15 is 0 Å². The van der Waals surface area contributed by atoms with Gasteiger partial charge in [0.15, 0.2) is 5.82 Å². The zero-order valence-corrected chi connectivity index (χ0v) is 17.7. The van der Waals surface area contributed by atoms with Crippen LogP contribution < -0.4 is 0 Å².